The van der Waals surface area contributed by atoms with Crippen LogP contribution in [0.5, 0.6) is 0 Å². The standard InChI is InChI=1S/C18H22N4O3S/c23-17(3-5-19-18(24)15-4-10-26-13-15)21-12-14-1-2-16(20-11-14)22-6-8-25-9-7-22/h1-2,4,10-11,13H,3,5-9,12H2,(H,19,24)(H,21,23). The van der Waals surface area contributed by atoms with Gasteiger partial charge in [0.2, 0.25) is 5.91 Å². The number of morpholine rings is 1. The number of thiophene rings is 1. The molecule has 2 aromatic rings. The van der Waals surface area contributed by atoms with E-state index in [1.807, 2.05) is 17.5 Å². The van der Waals surface area contributed by atoms with Gasteiger partial charge in [-0.3, -0.25) is 9.59 Å². The van der Waals surface area contributed by atoms with E-state index in [9.17, 15) is 9.59 Å². The van der Waals surface area contributed by atoms with E-state index in [4.69, 9.17) is 4.74 Å². The first-order chi connectivity index (χ1) is 12.7. The summed E-state index contributed by atoms with van der Waals surface area (Å²) >= 11 is 1.47. The molecule has 3 rings (SSSR count). The van der Waals surface area contributed by atoms with Crippen molar-refractivity contribution < 1.29 is 14.3 Å². The van der Waals surface area contributed by atoms with Crippen LogP contribution in [0.1, 0.15) is 22.3 Å². The van der Waals surface area contributed by atoms with Gasteiger partial charge in [0.25, 0.3) is 5.91 Å². The fraction of sp³-hybridized carbons (Fsp3) is 0.389. The van der Waals surface area contributed by atoms with Crippen LogP contribution >= 0.6 is 11.3 Å². The Labute approximate surface area is 156 Å². The summed E-state index contributed by atoms with van der Waals surface area (Å²) in [4.78, 5) is 30.3. The maximum Gasteiger partial charge on any atom is 0.252 e. The summed E-state index contributed by atoms with van der Waals surface area (Å²) in [6.45, 7) is 3.88. The Bertz CT molecular complexity index is 713. The van der Waals surface area contributed by atoms with Crippen molar-refractivity contribution in [1.82, 2.24) is 15.6 Å². The van der Waals surface area contributed by atoms with Gasteiger partial charge in [-0.2, -0.15) is 11.3 Å². The molecule has 1 saturated heterocycles. The first-order valence-electron chi connectivity index (χ1n) is 8.57. The highest BCUT2D eigenvalue weighted by molar-refractivity contribution is 7.08. The average molecular weight is 374 g/mol. The van der Waals surface area contributed by atoms with Crippen LogP contribution in [0.3, 0.4) is 0 Å². The lowest BCUT2D eigenvalue weighted by atomic mass is 10.2. The van der Waals surface area contributed by atoms with Gasteiger partial charge in [-0.25, -0.2) is 4.98 Å². The number of carbonyl (C=O) groups is 2. The van der Waals surface area contributed by atoms with Gasteiger partial charge in [0.05, 0.1) is 13.2 Å². The van der Waals surface area contributed by atoms with Crippen LogP contribution in [0.4, 0.5) is 5.82 Å². The molecule has 0 saturated carbocycles. The molecule has 2 N–H and O–H groups in total. The van der Waals surface area contributed by atoms with Crippen molar-refractivity contribution in [3.05, 3.63) is 46.3 Å². The predicted molar refractivity (Wildman–Crippen MR) is 100 cm³/mol. The quantitative estimate of drug-likeness (QED) is 0.766. The van der Waals surface area contributed by atoms with E-state index >= 15 is 0 Å². The lowest BCUT2D eigenvalue weighted by molar-refractivity contribution is -0.121. The number of hydrogen-bond donors (Lipinski definition) is 2. The molecule has 1 fully saturated rings. The number of aromatic nitrogens is 1. The predicted octanol–water partition coefficient (Wildman–Crippen LogP) is 1.42. The summed E-state index contributed by atoms with van der Waals surface area (Å²) < 4.78 is 5.34. The van der Waals surface area contributed by atoms with Crippen molar-refractivity contribution in [2.75, 3.05) is 37.7 Å². The van der Waals surface area contributed by atoms with E-state index in [2.05, 4.69) is 20.5 Å². The van der Waals surface area contributed by atoms with E-state index in [-0.39, 0.29) is 18.2 Å². The smallest absolute Gasteiger partial charge is 0.252 e. The molecule has 0 radical (unpaired) electrons. The van der Waals surface area contributed by atoms with Crippen LogP contribution in [0.25, 0.3) is 0 Å². The Morgan fingerprint density at radius 2 is 2.04 bits per heavy atom. The molecule has 0 aromatic carbocycles. The Balaban J connectivity index is 1.36. The van der Waals surface area contributed by atoms with Gasteiger partial charge in [-0.05, 0) is 23.1 Å². The normalized spacial score (nSPS) is 14.1. The number of pyridine rings is 1. The van der Waals surface area contributed by atoms with Gasteiger partial charge in [0, 0.05) is 49.7 Å². The Hall–Kier alpha value is -2.45. The van der Waals surface area contributed by atoms with Gasteiger partial charge >= 0.3 is 0 Å². The van der Waals surface area contributed by atoms with E-state index in [0.717, 1.165) is 37.7 Å². The molecule has 0 spiro atoms. The lowest BCUT2D eigenvalue weighted by Gasteiger charge is -2.27. The molecule has 2 amide bonds. The third-order valence-electron chi connectivity index (χ3n) is 4.05. The maximum absolute atomic E-state index is 11.9. The monoisotopic (exact) mass is 374 g/mol. The first kappa shape index (κ1) is 18.3. The van der Waals surface area contributed by atoms with Crippen molar-refractivity contribution in [1.29, 1.82) is 0 Å². The largest absolute Gasteiger partial charge is 0.378 e. The van der Waals surface area contributed by atoms with Gasteiger partial charge in [-0.1, -0.05) is 6.07 Å². The molecule has 3 heterocycles. The molecule has 26 heavy (non-hydrogen) atoms. The summed E-state index contributed by atoms with van der Waals surface area (Å²) in [6, 6.07) is 5.69. The van der Waals surface area contributed by atoms with Gasteiger partial charge in [0.15, 0.2) is 0 Å². The number of carbonyl (C=O) groups excluding carboxylic acids is 2. The summed E-state index contributed by atoms with van der Waals surface area (Å²) in [7, 11) is 0. The van der Waals surface area contributed by atoms with Crippen LogP contribution in [-0.2, 0) is 16.1 Å². The second-order valence-corrected chi connectivity index (χ2v) is 6.70. The number of ether oxygens (including phenoxy) is 1. The van der Waals surface area contributed by atoms with Gasteiger partial charge in [-0.15, -0.1) is 0 Å². The van der Waals surface area contributed by atoms with Crippen molar-refractivity contribution in [2.24, 2.45) is 0 Å². The van der Waals surface area contributed by atoms with Crippen LogP contribution in [0, 0.1) is 0 Å². The zero-order chi connectivity index (χ0) is 18.2. The highest BCUT2D eigenvalue weighted by Crippen LogP contribution is 2.13. The summed E-state index contributed by atoms with van der Waals surface area (Å²) in [5.74, 6) is 0.675. The van der Waals surface area contributed by atoms with Crippen LogP contribution in [0.2, 0.25) is 0 Å². The molecule has 8 heteroatoms. The number of nitrogens with zero attached hydrogens (tertiary/aromatic N) is 2. The second-order valence-electron chi connectivity index (χ2n) is 5.92. The van der Waals surface area contributed by atoms with Crippen molar-refractivity contribution in [3.8, 4) is 0 Å². The minimum atomic E-state index is -0.151. The topological polar surface area (TPSA) is 83.6 Å². The second kappa shape index (κ2) is 9.30. The van der Waals surface area contributed by atoms with Crippen molar-refractivity contribution >= 4 is 29.0 Å². The van der Waals surface area contributed by atoms with E-state index < -0.39 is 0 Å². The number of rotatable bonds is 7. The molecule has 1 aliphatic rings. The molecular weight excluding hydrogens is 352 g/mol. The van der Waals surface area contributed by atoms with Gasteiger partial charge < -0.3 is 20.3 Å². The van der Waals surface area contributed by atoms with Crippen molar-refractivity contribution in [3.63, 3.8) is 0 Å². The minimum Gasteiger partial charge on any atom is -0.378 e. The molecule has 0 aliphatic carbocycles. The molecule has 2 aromatic heterocycles. The SMILES string of the molecule is O=C(CCNC(=O)c1ccsc1)NCc1ccc(N2CCOCC2)nc1. The molecule has 138 valence electrons. The zero-order valence-electron chi connectivity index (χ0n) is 14.4. The zero-order valence-corrected chi connectivity index (χ0v) is 15.3. The molecular formula is C18H22N4O3S. The first-order valence-corrected chi connectivity index (χ1v) is 9.51. The molecule has 7 nitrogen and oxygen atoms in total. The van der Waals surface area contributed by atoms with Crippen molar-refractivity contribution in [2.45, 2.75) is 13.0 Å². The minimum absolute atomic E-state index is 0.104. The third-order valence-corrected chi connectivity index (χ3v) is 4.74. The maximum atomic E-state index is 11.9. The van der Waals surface area contributed by atoms with E-state index in [0.29, 0.717) is 18.7 Å². The molecule has 0 bridgehead atoms. The van der Waals surface area contributed by atoms with Crippen LogP contribution < -0.4 is 15.5 Å². The average Bonchev–Trinajstić information content (AvgIpc) is 3.22. The number of amides is 2. The lowest BCUT2D eigenvalue weighted by Crippen LogP contribution is -2.36. The Morgan fingerprint density at radius 1 is 1.19 bits per heavy atom. The number of hydrogen-bond acceptors (Lipinski definition) is 6. The molecule has 0 atom stereocenters. The molecule has 0 unspecified atom stereocenters. The van der Waals surface area contributed by atoms with Crippen LogP contribution in [0.15, 0.2) is 35.2 Å². The summed E-state index contributed by atoms with van der Waals surface area (Å²) in [5, 5.41) is 9.21. The Kier molecular flexibility index (Phi) is 6.56. The Morgan fingerprint density at radius 3 is 2.73 bits per heavy atom. The fourth-order valence-electron chi connectivity index (χ4n) is 2.58. The van der Waals surface area contributed by atoms with E-state index in [1.165, 1.54) is 11.3 Å². The summed E-state index contributed by atoms with van der Waals surface area (Å²) in [6.07, 6.45) is 2.03. The summed E-state index contributed by atoms with van der Waals surface area (Å²) in [5.41, 5.74) is 1.57. The van der Waals surface area contributed by atoms with E-state index in [1.54, 1.807) is 17.6 Å². The number of nitrogens with one attached hydrogen (secondary N) is 2. The number of anilines is 1. The van der Waals surface area contributed by atoms with Crippen LogP contribution in [-0.4, -0.2) is 49.6 Å². The third kappa shape index (κ3) is 5.27. The fourth-order valence-corrected chi connectivity index (χ4v) is 3.21. The highest BCUT2D eigenvalue weighted by atomic mass is 32.1. The van der Waals surface area contributed by atoms with Gasteiger partial charge in [0.1, 0.15) is 5.82 Å². The molecule has 1 aliphatic heterocycles. The highest BCUT2D eigenvalue weighted by Gasteiger charge is 2.12.